The van der Waals surface area contributed by atoms with Gasteiger partial charge in [-0.05, 0) is 148 Å². The Morgan fingerprint density at radius 2 is 0.468 bits per heavy atom. The van der Waals surface area contributed by atoms with Crippen molar-refractivity contribution < 1.29 is 28.6 Å². The number of hydrogen-bond donors (Lipinski definition) is 0. The summed E-state index contributed by atoms with van der Waals surface area (Å²) in [5, 5.41) is 0. The molecule has 0 aliphatic heterocycles. The van der Waals surface area contributed by atoms with Gasteiger partial charge in [0.05, 0.1) is 0 Å². The third-order valence-electron chi connectivity index (χ3n) is 12.4. The topological polar surface area (TPSA) is 78.9 Å². The monoisotopic (exact) mass is 1080 g/mol. The van der Waals surface area contributed by atoms with Gasteiger partial charge in [-0.25, -0.2) is 0 Å². The summed E-state index contributed by atoms with van der Waals surface area (Å²) < 4.78 is 16.9. The van der Waals surface area contributed by atoms with E-state index in [4.69, 9.17) is 14.2 Å². The van der Waals surface area contributed by atoms with Crippen molar-refractivity contribution in [2.75, 3.05) is 13.2 Å². The van der Waals surface area contributed by atoms with Crippen LogP contribution in [0.2, 0.25) is 0 Å². The molecule has 0 radical (unpaired) electrons. The lowest BCUT2D eigenvalue weighted by molar-refractivity contribution is -0.167. The zero-order valence-electron chi connectivity index (χ0n) is 50.3. The standard InChI is InChI=1S/C73H112O6/c1-4-7-10-13-16-19-22-25-28-31-34-35-36-37-40-42-45-48-51-54-57-60-63-66-72(75)78-69-70(79-73(76)67-64-61-58-55-52-49-46-43-39-33-30-27-24-21-18-15-12-9-6-3)68-77-71(74)65-62-59-56-53-50-47-44-41-38-32-29-26-23-20-17-14-11-8-5-2/h7-12,16-21,25-30,34-35,37-41,43,45,48,54,57,70H,4-6,13-15,22-24,31-33,36,42,44,46-47,49-53,55-56,58-69H2,1-3H3/b10-7-,11-8-,12-9-,19-16-,20-17-,21-18-,28-25-,29-26-,30-27-,35-34-,40-37-,41-38-,43-39-,48-45-,57-54-. The highest BCUT2D eigenvalue weighted by molar-refractivity contribution is 5.71. The molecular weight excluding hydrogens is 973 g/mol. The highest BCUT2D eigenvalue weighted by atomic mass is 16.6. The molecule has 0 aromatic heterocycles. The van der Waals surface area contributed by atoms with Crippen molar-refractivity contribution in [2.24, 2.45) is 0 Å². The van der Waals surface area contributed by atoms with Gasteiger partial charge in [0.1, 0.15) is 13.2 Å². The first kappa shape index (κ1) is 73.5. The molecular formula is C73H112O6. The van der Waals surface area contributed by atoms with Gasteiger partial charge >= 0.3 is 17.9 Å². The summed E-state index contributed by atoms with van der Waals surface area (Å²) in [6, 6.07) is 0. The molecule has 0 N–H and O–H groups in total. The van der Waals surface area contributed by atoms with Crippen molar-refractivity contribution in [2.45, 2.75) is 245 Å². The quantitative estimate of drug-likeness (QED) is 0.0261. The molecule has 1 unspecified atom stereocenters. The Balaban J connectivity index is 4.58. The maximum absolute atomic E-state index is 12.9. The predicted molar refractivity (Wildman–Crippen MR) is 343 cm³/mol. The number of allylic oxidation sites excluding steroid dienone is 30. The smallest absolute Gasteiger partial charge is 0.306 e. The zero-order valence-corrected chi connectivity index (χ0v) is 50.3. The van der Waals surface area contributed by atoms with E-state index in [0.717, 1.165) is 167 Å². The van der Waals surface area contributed by atoms with Crippen LogP contribution in [0.15, 0.2) is 182 Å². The minimum Gasteiger partial charge on any atom is -0.462 e. The van der Waals surface area contributed by atoms with Crippen LogP contribution in [0.3, 0.4) is 0 Å². The van der Waals surface area contributed by atoms with Gasteiger partial charge in [0.15, 0.2) is 6.10 Å². The first-order valence-corrected chi connectivity index (χ1v) is 31.3. The normalized spacial score (nSPS) is 13.4. The Kier molecular flexibility index (Phi) is 60.5. The van der Waals surface area contributed by atoms with Crippen LogP contribution in [0.25, 0.3) is 0 Å². The minimum atomic E-state index is -0.828. The molecule has 0 heterocycles. The van der Waals surface area contributed by atoms with E-state index in [9.17, 15) is 14.4 Å². The summed E-state index contributed by atoms with van der Waals surface area (Å²) in [6.07, 6.45) is 97.4. The van der Waals surface area contributed by atoms with E-state index in [0.29, 0.717) is 12.8 Å². The molecule has 0 aliphatic carbocycles. The van der Waals surface area contributed by atoms with E-state index >= 15 is 0 Å². The largest absolute Gasteiger partial charge is 0.462 e. The lowest BCUT2D eigenvalue weighted by Gasteiger charge is -2.18. The fourth-order valence-electron chi connectivity index (χ4n) is 7.82. The molecule has 0 aromatic rings. The molecule has 440 valence electrons. The number of esters is 3. The highest BCUT2D eigenvalue weighted by Gasteiger charge is 2.19. The van der Waals surface area contributed by atoms with Gasteiger partial charge < -0.3 is 14.2 Å². The number of unbranched alkanes of at least 4 members (excludes halogenated alkanes) is 13. The molecule has 0 saturated heterocycles. The van der Waals surface area contributed by atoms with Crippen LogP contribution in [0.5, 0.6) is 0 Å². The highest BCUT2D eigenvalue weighted by Crippen LogP contribution is 2.13. The van der Waals surface area contributed by atoms with Crippen LogP contribution < -0.4 is 0 Å². The van der Waals surface area contributed by atoms with Crippen molar-refractivity contribution in [1.82, 2.24) is 0 Å². The van der Waals surface area contributed by atoms with Crippen LogP contribution in [0.1, 0.15) is 239 Å². The second-order valence-corrected chi connectivity index (χ2v) is 19.8. The Morgan fingerprint density at radius 3 is 0.759 bits per heavy atom. The number of rotatable bonds is 54. The fourth-order valence-corrected chi connectivity index (χ4v) is 7.82. The van der Waals surface area contributed by atoms with Gasteiger partial charge in [0.2, 0.25) is 0 Å². The van der Waals surface area contributed by atoms with Gasteiger partial charge in [0.25, 0.3) is 0 Å². The first-order chi connectivity index (χ1) is 39.0. The number of hydrogen-bond acceptors (Lipinski definition) is 6. The summed E-state index contributed by atoms with van der Waals surface area (Å²) in [4.78, 5) is 38.3. The number of carbonyl (C=O) groups excluding carboxylic acids is 3. The average Bonchev–Trinajstić information content (AvgIpc) is 3.45. The maximum Gasteiger partial charge on any atom is 0.306 e. The molecule has 6 nitrogen and oxygen atoms in total. The third kappa shape index (κ3) is 63.2. The van der Waals surface area contributed by atoms with Gasteiger partial charge in [-0.2, -0.15) is 0 Å². The average molecular weight is 1090 g/mol. The van der Waals surface area contributed by atoms with Crippen molar-refractivity contribution >= 4 is 17.9 Å². The Labute approximate surface area is 484 Å². The van der Waals surface area contributed by atoms with E-state index in [1.165, 1.54) is 25.7 Å². The lowest BCUT2D eigenvalue weighted by atomic mass is 10.1. The van der Waals surface area contributed by atoms with Crippen LogP contribution in [0.4, 0.5) is 0 Å². The van der Waals surface area contributed by atoms with E-state index in [1.807, 2.05) is 0 Å². The Hall–Kier alpha value is -5.49. The van der Waals surface area contributed by atoms with E-state index in [1.54, 1.807) is 0 Å². The van der Waals surface area contributed by atoms with Crippen LogP contribution >= 0.6 is 0 Å². The van der Waals surface area contributed by atoms with Crippen molar-refractivity contribution in [1.29, 1.82) is 0 Å². The van der Waals surface area contributed by atoms with Crippen LogP contribution in [-0.2, 0) is 28.6 Å². The SMILES string of the molecule is CC/C=C\C/C=C\C/C=C\C/C=C\C/C=C\C/C=C\C/C=C\CCCC(=O)OCC(COC(=O)CCCCCCCC/C=C\C/C=C\C/C=C\C/C=C\CC)OC(=O)CCCCCCCC/C=C\C/C=C\C/C=C\C/C=C\CC. The molecule has 0 fully saturated rings. The first-order valence-electron chi connectivity index (χ1n) is 31.3. The lowest BCUT2D eigenvalue weighted by Crippen LogP contribution is -2.30. The Morgan fingerprint density at radius 1 is 0.253 bits per heavy atom. The van der Waals surface area contributed by atoms with Gasteiger partial charge in [-0.3, -0.25) is 14.4 Å². The van der Waals surface area contributed by atoms with Crippen LogP contribution in [0, 0.1) is 0 Å². The molecule has 0 spiro atoms. The predicted octanol–water partition coefficient (Wildman–Crippen LogP) is 21.7. The van der Waals surface area contributed by atoms with E-state index in [-0.39, 0.29) is 44.0 Å². The molecule has 1 atom stereocenters. The molecule has 0 aliphatic rings. The molecule has 0 aromatic carbocycles. The maximum atomic E-state index is 12.9. The second-order valence-electron chi connectivity index (χ2n) is 19.8. The van der Waals surface area contributed by atoms with Gasteiger partial charge in [0, 0.05) is 19.3 Å². The van der Waals surface area contributed by atoms with E-state index < -0.39 is 6.10 Å². The molecule has 6 heteroatoms. The van der Waals surface area contributed by atoms with Crippen molar-refractivity contribution in [3.8, 4) is 0 Å². The molecule has 0 rings (SSSR count). The number of ether oxygens (including phenoxy) is 3. The fraction of sp³-hybridized carbons (Fsp3) is 0.548. The summed E-state index contributed by atoms with van der Waals surface area (Å²) >= 11 is 0. The van der Waals surface area contributed by atoms with Crippen LogP contribution in [-0.4, -0.2) is 37.2 Å². The Bertz CT molecular complexity index is 1870. The zero-order chi connectivity index (χ0) is 57.1. The number of carbonyl (C=O) groups is 3. The van der Waals surface area contributed by atoms with Gasteiger partial charge in [-0.15, -0.1) is 0 Å². The van der Waals surface area contributed by atoms with Crippen molar-refractivity contribution in [3.63, 3.8) is 0 Å². The second kappa shape index (κ2) is 65.0. The molecule has 0 amide bonds. The summed E-state index contributed by atoms with van der Waals surface area (Å²) in [5.41, 5.74) is 0. The van der Waals surface area contributed by atoms with Crippen molar-refractivity contribution in [3.05, 3.63) is 182 Å². The third-order valence-corrected chi connectivity index (χ3v) is 12.4. The minimum absolute atomic E-state index is 0.119. The summed E-state index contributed by atoms with van der Waals surface area (Å²) in [7, 11) is 0. The molecule has 79 heavy (non-hydrogen) atoms. The molecule has 0 saturated carbocycles. The van der Waals surface area contributed by atoms with E-state index in [2.05, 4.69) is 203 Å². The summed E-state index contributed by atoms with van der Waals surface area (Å²) in [5.74, 6) is -1.02. The molecule has 0 bridgehead atoms. The summed E-state index contributed by atoms with van der Waals surface area (Å²) in [6.45, 7) is 6.22. The van der Waals surface area contributed by atoms with Gasteiger partial charge in [-0.1, -0.05) is 254 Å².